The van der Waals surface area contributed by atoms with E-state index >= 15 is 0 Å². The van der Waals surface area contributed by atoms with Crippen molar-refractivity contribution >= 4 is 5.97 Å². The number of carbonyl (C=O) groups excluding carboxylic acids is 1. The lowest BCUT2D eigenvalue weighted by Gasteiger charge is -2.71. The summed E-state index contributed by atoms with van der Waals surface area (Å²) in [5.41, 5.74) is 0.994. The summed E-state index contributed by atoms with van der Waals surface area (Å²) in [6.07, 6.45) is 16.8. The molecule has 1 aromatic rings. The SMILES string of the molecule is CC1(C)CC[C@]2(C(=O)On3ccnc3)CC[C@]3(C)C(=CC[C@@H]4[C@@]5(C)CC[C@H](O)[C@@](C)(CO)[C@@H]5CC[C@]43C)[C@@H]2C1. The molecule has 0 unspecified atom stereocenters. The van der Waals surface area contributed by atoms with Gasteiger partial charge in [0.25, 0.3) is 0 Å². The van der Waals surface area contributed by atoms with E-state index in [1.54, 1.807) is 18.7 Å². The molecule has 6 rings (SSSR count). The Bertz CT molecular complexity index is 1160. The van der Waals surface area contributed by atoms with Crippen LogP contribution in [0.1, 0.15) is 106 Å². The summed E-state index contributed by atoms with van der Waals surface area (Å²) in [4.78, 5) is 24.0. The van der Waals surface area contributed by atoms with Crippen molar-refractivity contribution in [1.29, 1.82) is 0 Å². The number of aliphatic hydroxyl groups excluding tert-OH is 2. The number of hydrogen-bond donors (Lipinski definition) is 2. The van der Waals surface area contributed by atoms with E-state index in [-0.39, 0.29) is 40.2 Å². The van der Waals surface area contributed by atoms with Crippen LogP contribution < -0.4 is 4.84 Å². The first-order valence-electron chi connectivity index (χ1n) is 15.5. The predicted octanol–water partition coefficient (Wildman–Crippen LogP) is 5.97. The number of allylic oxidation sites excluding steroid dienone is 2. The predicted molar refractivity (Wildman–Crippen MR) is 150 cm³/mol. The first-order chi connectivity index (χ1) is 18.3. The van der Waals surface area contributed by atoms with Gasteiger partial charge in [-0.2, -0.15) is 4.73 Å². The van der Waals surface area contributed by atoms with Gasteiger partial charge in [-0.25, -0.2) is 9.78 Å². The summed E-state index contributed by atoms with van der Waals surface area (Å²) in [6.45, 7) is 14.5. The van der Waals surface area contributed by atoms with E-state index < -0.39 is 16.9 Å². The lowest BCUT2D eigenvalue weighted by molar-refractivity contribution is -0.217. The van der Waals surface area contributed by atoms with Crippen LogP contribution in [0.3, 0.4) is 0 Å². The summed E-state index contributed by atoms with van der Waals surface area (Å²) >= 11 is 0. The number of aromatic nitrogens is 2. The molecule has 0 bridgehead atoms. The maximum absolute atomic E-state index is 14.0. The maximum atomic E-state index is 14.0. The van der Waals surface area contributed by atoms with Crippen molar-refractivity contribution in [2.45, 2.75) is 112 Å². The first kappa shape index (κ1) is 27.5. The molecule has 5 aliphatic carbocycles. The minimum atomic E-state index is -0.486. The van der Waals surface area contributed by atoms with Gasteiger partial charge in [0.1, 0.15) is 6.33 Å². The van der Waals surface area contributed by atoms with Crippen LogP contribution in [-0.2, 0) is 4.79 Å². The standard InChI is InChI=1S/C33H50N2O4/c1-28(2)13-15-33(27(38)39-35-18-17-34-21-35)16-14-31(5)22(23(33)19-28)7-8-25-29(3)11-10-26(37)30(4,20-36)24(29)9-12-32(25,31)6/h7,17-18,21,23-26,36-37H,8-16,19-20H2,1-6H3/t23-,24+,25+,26-,29-,30-,31+,32+,33-/m0/s1. The molecule has 2 N–H and O–H groups in total. The Hall–Kier alpha value is -1.66. The molecule has 9 atom stereocenters. The second-order valence-electron chi connectivity index (χ2n) is 15.9. The van der Waals surface area contributed by atoms with E-state index in [2.05, 4.69) is 52.6 Å². The summed E-state index contributed by atoms with van der Waals surface area (Å²) in [5.74, 6) is 0.914. The molecule has 6 nitrogen and oxygen atoms in total. The van der Waals surface area contributed by atoms with Crippen molar-refractivity contribution in [3.05, 3.63) is 30.4 Å². The summed E-state index contributed by atoms with van der Waals surface area (Å²) < 4.78 is 1.46. The average Bonchev–Trinajstić information content (AvgIpc) is 3.39. The molecular formula is C33H50N2O4. The van der Waals surface area contributed by atoms with Crippen LogP contribution in [0.4, 0.5) is 0 Å². The molecule has 216 valence electrons. The molecule has 39 heavy (non-hydrogen) atoms. The maximum Gasteiger partial charge on any atom is 0.339 e. The van der Waals surface area contributed by atoms with Gasteiger partial charge in [0, 0.05) is 11.6 Å². The third-order valence-corrected chi connectivity index (χ3v) is 13.8. The van der Waals surface area contributed by atoms with Crippen LogP contribution in [0.2, 0.25) is 0 Å². The van der Waals surface area contributed by atoms with Crippen LogP contribution in [0.5, 0.6) is 0 Å². The molecule has 0 radical (unpaired) electrons. The van der Waals surface area contributed by atoms with Gasteiger partial charge < -0.3 is 15.1 Å². The van der Waals surface area contributed by atoms with E-state index in [1.165, 1.54) is 10.3 Å². The van der Waals surface area contributed by atoms with Crippen LogP contribution >= 0.6 is 0 Å². The zero-order chi connectivity index (χ0) is 28.1. The minimum absolute atomic E-state index is 0.0203. The second kappa shape index (κ2) is 8.67. The van der Waals surface area contributed by atoms with Gasteiger partial charge in [-0.15, -0.1) is 0 Å². The third kappa shape index (κ3) is 3.58. The van der Waals surface area contributed by atoms with E-state index in [1.807, 2.05) is 0 Å². The molecule has 1 heterocycles. The Morgan fingerprint density at radius 3 is 2.46 bits per heavy atom. The summed E-state index contributed by atoms with van der Waals surface area (Å²) in [5, 5.41) is 21.5. The summed E-state index contributed by atoms with van der Waals surface area (Å²) in [7, 11) is 0. The van der Waals surface area contributed by atoms with Gasteiger partial charge in [-0.1, -0.05) is 53.2 Å². The quantitative estimate of drug-likeness (QED) is 0.463. The van der Waals surface area contributed by atoms with Crippen molar-refractivity contribution in [3.8, 4) is 0 Å². The zero-order valence-corrected chi connectivity index (χ0v) is 25.0. The molecule has 0 aromatic carbocycles. The smallest absolute Gasteiger partial charge is 0.339 e. The Labute approximate surface area is 234 Å². The van der Waals surface area contributed by atoms with E-state index in [0.29, 0.717) is 11.8 Å². The van der Waals surface area contributed by atoms with Crippen molar-refractivity contribution in [2.24, 2.45) is 50.2 Å². The molecular weight excluding hydrogens is 488 g/mol. The van der Waals surface area contributed by atoms with E-state index in [0.717, 1.165) is 64.2 Å². The fourth-order valence-electron chi connectivity index (χ4n) is 11.1. The van der Waals surface area contributed by atoms with Crippen LogP contribution in [0.15, 0.2) is 30.4 Å². The molecule has 4 fully saturated rings. The highest BCUT2D eigenvalue weighted by Gasteiger charge is 2.69. The van der Waals surface area contributed by atoms with E-state index in [9.17, 15) is 15.0 Å². The molecule has 1 aromatic heterocycles. The van der Waals surface area contributed by atoms with Crippen molar-refractivity contribution in [1.82, 2.24) is 9.71 Å². The highest BCUT2D eigenvalue weighted by molar-refractivity contribution is 5.79. The lowest BCUT2D eigenvalue weighted by Crippen LogP contribution is -2.66. The Morgan fingerprint density at radius 2 is 1.77 bits per heavy atom. The van der Waals surface area contributed by atoms with Crippen molar-refractivity contribution in [2.75, 3.05) is 6.61 Å². The Morgan fingerprint density at radius 1 is 1.03 bits per heavy atom. The van der Waals surface area contributed by atoms with Gasteiger partial charge in [0.15, 0.2) is 0 Å². The number of carbonyl (C=O) groups is 1. The zero-order valence-electron chi connectivity index (χ0n) is 25.0. The van der Waals surface area contributed by atoms with Gasteiger partial charge in [-0.3, -0.25) is 0 Å². The third-order valence-electron chi connectivity index (χ3n) is 13.8. The fraction of sp³-hybridized carbons (Fsp3) is 0.818. The fourth-order valence-corrected chi connectivity index (χ4v) is 11.1. The number of hydrogen-bond acceptors (Lipinski definition) is 5. The molecule has 6 heteroatoms. The number of rotatable bonds is 3. The normalized spacial score (nSPS) is 48.6. The van der Waals surface area contributed by atoms with Gasteiger partial charge >= 0.3 is 5.97 Å². The van der Waals surface area contributed by atoms with Crippen molar-refractivity contribution in [3.63, 3.8) is 0 Å². The van der Waals surface area contributed by atoms with Gasteiger partial charge in [-0.05, 0) is 104 Å². The topological polar surface area (TPSA) is 84.6 Å². The molecule has 0 aliphatic heterocycles. The van der Waals surface area contributed by atoms with Gasteiger partial charge in [0.2, 0.25) is 0 Å². The highest BCUT2D eigenvalue weighted by atomic mass is 16.7. The molecule has 4 saturated carbocycles. The van der Waals surface area contributed by atoms with E-state index in [4.69, 9.17) is 4.84 Å². The number of nitrogens with zero attached hydrogens (tertiary/aromatic N) is 2. The lowest BCUT2D eigenvalue weighted by atomic mass is 9.33. The van der Waals surface area contributed by atoms with Crippen LogP contribution in [-0.4, -0.2) is 38.6 Å². The Kier molecular flexibility index (Phi) is 6.12. The minimum Gasteiger partial charge on any atom is -0.396 e. The number of fused-ring (bicyclic) bond motifs is 7. The summed E-state index contributed by atoms with van der Waals surface area (Å²) in [6, 6.07) is 0. The monoisotopic (exact) mass is 538 g/mol. The number of aliphatic hydroxyl groups is 2. The Balaban J connectivity index is 1.41. The molecule has 0 saturated heterocycles. The number of imidazole rings is 1. The second-order valence-corrected chi connectivity index (χ2v) is 15.9. The highest BCUT2D eigenvalue weighted by Crippen LogP contribution is 2.75. The van der Waals surface area contributed by atoms with Crippen molar-refractivity contribution < 1.29 is 19.8 Å². The average molecular weight is 539 g/mol. The largest absolute Gasteiger partial charge is 0.396 e. The molecule has 0 amide bonds. The van der Waals surface area contributed by atoms with Crippen LogP contribution in [0, 0.1) is 50.2 Å². The molecule has 5 aliphatic rings. The van der Waals surface area contributed by atoms with Gasteiger partial charge in [0.05, 0.1) is 24.3 Å². The first-order valence-corrected chi connectivity index (χ1v) is 15.5. The van der Waals surface area contributed by atoms with Crippen LogP contribution in [0.25, 0.3) is 0 Å². The molecule has 0 spiro atoms.